The molecular formula is C10H19ClO5S. The van der Waals surface area contributed by atoms with Crippen molar-refractivity contribution in [3.8, 4) is 0 Å². The summed E-state index contributed by atoms with van der Waals surface area (Å²) in [6.45, 7) is 0. The van der Waals surface area contributed by atoms with Gasteiger partial charge in [-0.1, -0.05) is 6.42 Å². The van der Waals surface area contributed by atoms with E-state index in [9.17, 15) is 13.2 Å². The van der Waals surface area contributed by atoms with Crippen molar-refractivity contribution in [2.45, 2.75) is 38.2 Å². The highest BCUT2D eigenvalue weighted by Crippen LogP contribution is 2.13. The minimum atomic E-state index is -3.45. The molecule has 102 valence electrons. The van der Waals surface area contributed by atoms with Crippen LogP contribution in [0.5, 0.6) is 0 Å². The van der Waals surface area contributed by atoms with Gasteiger partial charge in [-0.25, -0.2) is 0 Å². The van der Waals surface area contributed by atoms with Crippen molar-refractivity contribution in [3.63, 3.8) is 0 Å². The molecule has 0 saturated heterocycles. The Kier molecular flexibility index (Phi) is 8.55. The second-order valence-electron chi connectivity index (χ2n) is 3.72. The van der Waals surface area contributed by atoms with Crippen LogP contribution >= 0.6 is 11.6 Å². The first-order valence-electron chi connectivity index (χ1n) is 5.40. The Morgan fingerprint density at radius 2 is 1.94 bits per heavy atom. The SMILES string of the molecule is COC(=O)CCCCC(CCCl)OS(C)(=O)=O. The van der Waals surface area contributed by atoms with E-state index in [4.69, 9.17) is 15.8 Å². The average Bonchev–Trinajstić information content (AvgIpc) is 2.22. The molecule has 1 atom stereocenters. The number of carbonyl (C=O) groups is 1. The highest BCUT2D eigenvalue weighted by Gasteiger charge is 2.15. The number of halogens is 1. The van der Waals surface area contributed by atoms with Crippen molar-refractivity contribution in [3.05, 3.63) is 0 Å². The zero-order valence-electron chi connectivity index (χ0n) is 10.1. The number of methoxy groups -OCH3 is 1. The van der Waals surface area contributed by atoms with Crippen LogP contribution < -0.4 is 0 Å². The van der Waals surface area contributed by atoms with Gasteiger partial charge in [-0.05, 0) is 19.3 Å². The summed E-state index contributed by atoms with van der Waals surface area (Å²) in [6.07, 6.45) is 3.35. The molecule has 17 heavy (non-hydrogen) atoms. The Morgan fingerprint density at radius 3 is 2.41 bits per heavy atom. The number of hydrogen-bond acceptors (Lipinski definition) is 5. The first-order chi connectivity index (χ1) is 7.89. The molecule has 0 bridgehead atoms. The van der Waals surface area contributed by atoms with Crippen LogP contribution in [0.2, 0.25) is 0 Å². The first kappa shape index (κ1) is 16.7. The monoisotopic (exact) mass is 286 g/mol. The minimum absolute atomic E-state index is 0.261. The molecule has 0 N–H and O–H groups in total. The largest absolute Gasteiger partial charge is 0.469 e. The van der Waals surface area contributed by atoms with Gasteiger partial charge >= 0.3 is 5.97 Å². The second-order valence-corrected chi connectivity index (χ2v) is 5.70. The van der Waals surface area contributed by atoms with E-state index in [1.165, 1.54) is 7.11 Å². The number of ether oxygens (including phenoxy) is 1. The van der Waals surface area contributed by atoms with Gasteiger partial charge in [0.15, 0.2) is 0 Å². The molecule has 1 unspecified atom stereocenters. The van der Waals surface area contributed by atoms with E-state index in [1.807, 2.05) is 0 Å². The predicted octanol–water partition coefficient (Wildman–Crippen LogP) is 1.69. The standard InChI is InChI=1S/C10H19ClO5S/c1-15-10(12)6-4-3-5-9(7-8-11)16-17(2,13)14/h9H,3-8H2,1-2H3. The van der Waals surface area contributed by atoms with Gasteiger partial charge in [-0.2, -0.15) is 8.42 Å². The van der Waals surface area contributed by atoms with Crippen molar-refractivity contribution < 1.29 is 22.1 Å². The number of rotatable bonds is 9. The number of alkyl halides is 1. The molecule has 0 rings (SSSR count). The zero-order valence-corrected chi connectivity index (χ0v) is 11.7. The molecule has 0 radical (unpaired) electrons. The van der Waals surface area contributed by atoms with E-state index in [0.717, 1.165) is 6.26 Å². The molecule has 0 aromatic rings. The summed E-state index contributed by atoms with van der Waals surface area (Å²) in [5, 5.41) is 0. The van der Waals surface area contributed by atoms with Crippen molar-refractivity contribution in [2.24, 2.45) is 0 Å². The van der Waals surface area contributed by atoms with Gasteiger partial charge in [-0.15, -0.1) is 11.6 Å². The maximum atomic E-state index is 11.0. The lowest BCUT2D eigenvalue weighted by Crippen LogP contribution is -2.18. The Hall–Kier alpha value is -0.330. The highest BCUT2D eigenvalue weighted by atomic mass is 35.5. The van der Waals surface area contributed by atoms with Crippen molar-refractivity contribution in [1.29, 1.82) is 0 Å². The first-order valence-corrected chi connectivity index (χ1v) is 7.75. The summed E-state index contributed by atoms with van der Waals surface area (Å²) in [4.78, 5) is 10.8. The van der Waals surface area contributed by atoms with E-state index in [1.54, 1.807) is 0 Å². The quantitative estimate of drug-likeness (QED) is 0.279. The van der Waals surface area contributed by atoms with Gasteiger partial charge in [0.1, 0.15) is 0 Å². The molecule has 0 aromatic heterocycles. The summed E-state index contributed by atoms with van der Waals surface area (Å²) in [7, 11) is -2.12. The van der Waals surface area contributed by atoms with Crippen molar-refractivity contribution >= 4 is 27.7 Å². The van der Waals surface area contributed by atoms with Crippen LogP contribution in [-0.2, 0) is 23.8 Å². The summed E-state index contributed by atoms with van der Waals surface area (Å²) in [6, 6.07) is 0. The Morgan fingerprint density at radius 1 is 1.29 bits per heavy atom. The summed E-state index contributed by atoms with van der Waals surface area (Å²) >= 11 is 5.56. The van der Waals surface area contributed by atoms with Gasteiger partial charge < -0.3 is 4.74 Å². The molecule has 0 amide bonds. The van der Waals surface area contributed by atoms with Gasteiger partial charge in [0.05, 0.1) is 19.5 Å². The molecule has 0 fully saturated rings. The molecule has 0 aliphatic carbocycles. The molecule has 0 aliphatic heterocycles. The molecule has 5 nitrogen and oxygen atoms in total. The lowest BCUT2D eigenvalue weighted by molar-refractivity contribution is -0.140. The van der Waals surface area contributed by atoms with E-state index in [0.29, 0.717) is 38.0 Å². The fourth-order valence-corrected chi connectivity index (χ4v) is 2.28. The lowest BCUT2D eigenvalue weighted by atomic mass is 10.1. The van der Waals surface area contributed by atoms with Crippen LogP contribution in [0.25, 0.3) is 0 Å². The Bertz CT molecular complexity index is 315. The average molecular weight is 287 g/mol. The second kappa shape index (κ2) is 8.72. The van der Waals surface area contributed by atoms with Gasteiger partial charge in [0.25, 0.3) is 10.1 Å². The van der Waals surface area contributed by atoms with Crippen LogP contribution in [0.15, 0.2) is 0 Å². The molecule has 0 heterocycles. The maximum Gasteiger partial charge on any atom is 0.305 e. The summed E-state index contributed by atoms with van der Waals surface area (Å²) in [5.74, 6) is 0.0833. The van der Waals surface area contributed by atoms with E-state index in [2.05, 4.69) is 4.74 Å². The highest BCUT2D eigenvalue weighted by molar-refractivity contribution is 7.86. The minimum Gasteiger partial charge on any atom is -0.469 e. The van der Waals surface area contributed by atoms with Crippen LogP contribution in [0.1, 0.15) is 32.1 Å². The molecule has 7 heteroatoms. The third-order valence-electron chi connectivity index (χ3n) is 2.13. The van der Waals surface area contributed by atoms with Crippen LogP contribution in [0.4, 0.5) is 0 Å². The number of hydrogen-bond donors (Lipinski definition) is 0. The van der Waals surface area contributed by atoms with Crippen LogP contribution in [0, 0.1) is 0 Å². The fourth-order valence-electron chi connectivity index (χ4n) is 1.35. The van der Waals surface area contributed by atoms with Gasteiger partial charge in [-0.3, -0.25) is 8.98 Å². The third kappa shape index (κ3) is 10.5. The number of esters is 1. The Labute approximate surface area is 108 Å². The smallest absolute Gasteiger partial charge is 0.305 e. The van der Waals surface area contributed by atoms with E-state index in [-0.39, 0.29) is 5.97 Å². The van der Waals surface area contributed by atoms with Crippen molar-refractivity contribution in [2.75, 3.05) is 19.2 Å². The molecular weight excluding hydrogens is 268 g/mol. The topological polar surface area (TPSA) is 69.7 Å². The fraction of sp³-hybridized carbons (Fsp3) is 0.900. The summed E-state index contributed by atoms with van der Waals surface area (Å²) in [5.41, 5.74) is 0. The maximum absolute atomic E-state index is 11.0. The van der Waals surface area contributed by atoms with Crippen molar-refractivity contribution in [1.82, 2.24) is 0 Å². The van der Waals surface area contributed by atoms with E-state index < -0.39 is 16.2 Å². The molecule has 0 aromatic carbocycles. The zero-order chi connectivity index (χ0) is 13.3. The lowest BCUT2D eigenvalue weighted by Gasteiger charge is -2.14. The van der Waals surface area contributed by atoms with E-state index >= 15 is 0 Å². The normalized spacial score (nSPS) is 13.4. The molecule has 0 spiro atoms. The van der Waals surface area contributed by atoms with Crippen LogP contribution in [0.3, 0.4) is 0 Å². The van der Waals surface area contributed by atoms with Crippen LogP contribution in [-0.4, -0.2) is 39.7 Å². The van der Waals surface area contributed by atoms with Gasteiger partial charge in [0.2, 0.25) is 0 Å². The Balaban J connectivity index is 3.89. The third-order valence-corrected chi connectivity index (χ3v) is 2.97. The number of carbonyl (C=O) groups excluding carboxylic acids is 1. The molecule has 0 aliphatic rings. The summed E-state index contributed by atoms with van der Waals surface area (Å²) < 4.78 is 31.3. The predicted molar refractivity (Wildman–Crippen MR) is 65.5 cm³/mol. The van der Waals surface area contributed by atoms with Gasteiger partial charge in [0, 0.05) is 12.3 Å². The molecule has 0 saturated carbocycles. The number of unbranched alkanes of at least 4 members (excludes halogenated alkanes) is 1.